The lowest BCUT2D eigenvalue weighted by Crippen LogP contribution is -2.26. The molecular formula is C19H21ClN2O3. The minimum absolute atomic E-state index is 0.0164. The summed E-state index contributed by atoms with van der Waals surface area (Å²) in [6.07, 6.45) is 0. The Labute approximate surface area is 151 Å². The largest absolute Gasteiger partial charge is 0.456 e. The van der Waals surface area contributed by atoms with Crippen molar-refractivity contribution in [1.29, 1.82) is 0 Å². The Kier molecular flexibility index (Phi) is 5.09. The molecule has 0 fully saturated rings. The first-order valence-corrected chi connectivity index (χ1v) is 8.12. The molecule has 132 valence electrons. The lowest BCUT2D eigenvalue weighted by Gasteiger charge is -2.22. The van der Waals surface area contributed by atoms with Gasteiger partial charge in [-0.25, -0.2) is 4.79 Å². The first-order chi connectivity index (χ1) is 11.5. The van der Waals surface area contributed by atoms with Gasteiger partial charge in [0.25, 0.3) is 0 Å². The van der Waals surface area contributed by atoms with E-state index in [0.29, 0.717) is 11.1 Å². The molecule has 0 heterocycles. The number of carbonyl (C=O) groups is 2. The van der Waals surface area contributed by atoms with Crippen molar-refractivity contribution in [2.45, 2.75) is 33.3 Å². The number of rotatable bonds is 3. The summed E-state index contributed by atoms with van der Waals surface area (Å²) in [5.41, 5.74) is 12.4. The topological polar surface area (TPSA) is 95.4 Å². The van der Waals surface area contributed by atoms with E-state index in [-0.39, 0.29) is 27.5 Å². The average molecular weight is 361 g/mol. The maximum absolute atomic E-state index is 12.8. The molecule has 0 atom stereocenters. The maximum atomic E-state index is 12.8. The third-order valence-corrected chi connectivity index (χ3v) is 4.10. The zero-order chi connectivity index (χ0) is 18.9. The Hall–Kier alpha value is -2.53. The normalized spacial score (nSPS) is 11.2. The Balaban J connectivity index is 2.67. The highest BCUT2D eigenvalue weighted by atomic mass is 35.5. The van der Waals surface area contributed by atoms with Gasteiger partial charge in [0.2, 0.25) is 0 Å². The first-order valence-electron chi connectivity index (χ1n) is 7.74. The minimum Gasteiger partial charge on any atom is -0.456 e. The van der Waals surface area contributed by atoms with Gasteiger partial charge in [-0.15, -0.1) is 0 Å². The predicted octanol–water partition coefficient (Wildman–Crippen LogP) is 4.00. The summed E-state index contributed by atoms with van der Waals surface area (Å²) >= 11 is 6.27. The van der Waals surface area contributed by atoms with Gasteiger partial charge in [0.1, 0.15) is 5.60 Å². The fourth-order valence-corrected chi connectivity index (χ4v) is 2.65. The monoisotopic (exact) mass is 360 g/mol. The van der Waals surface area contributed by atoms with Crippen LogP contribution in [0.3, 0.4) is 0 Å². The molecule has 0 unspecified atom stereocenters. The summed E-state index contributed by atoms with van der Waals surface area (Å²) in [6.45, 7) is 6.84. The SMILES string of the molecule is Cc1c(Cl)c(N)c(C(=O)c2ccccc2)c(N)c1C(=O)OC(C)(C)C. The molecule has 25 heavy (non-hydrogen) atoms. The molecule has 0 aromatic heterocycles. The van der Waals surface area contributed by atoms with Gasteiger partial charge < -0.3 is 16.2 Å². The van der Waals surface area contributed by atoms with Gasteiger partial charge in [0, 0.05) is 5.56 Å². The van der Waals surface area contributed by atoms with Gasteiger partial charge in [-0.3, -0.25) is 4.79 Å². The van der Waals surface area contributed by atoms with Crippen LogP contribution in [-0.4, -0.2) is 17.4 Å². The molecule has 2 rings (SSSR count). The highest BCUT2D eigenvalue weighted by molar-refractivity contribution is 6.36. The quantitative estimate of drug-likeness (QED) is 0.490. The molecule has 0 aliphatic carbocycles. The molecule has 2 aromatic carbocycles. The van der Waals surface area contributed by atoms with Gasteiger partial charge in [-0.1, -0.05) is 41.9 Å². The van der Waals surface area contributed by atoms with E-state index in [1.54, 1.807) is 58.0 Å². The summed E-state index contributed by atoms with van der Waals surface area (Å²) in [5.74, 6) is -1.05. The Morgan fingerprint density at radius 3 is 2.08 bits per heavy atom. The number of ketones is 1. The van der Waals surface area contributed by atoms with E-state index in [1.165, 1.54) is 0 Å². The van der Waals surface area contributed by atoms with Crippen LogP contribution in [0.5, 0.6) is 0 Å². The summed E-state index contributed by atoms with van der Waals surface area (Å²) in [6, 6.07) is 8.52. The second-order valence-electron chi connectivity index (χ2n) is 6.71. The number of nitrogen functional groups attached to an aromatic ring is 2. The van der Waals surface area contributed by atoms with Crippen molar-refractivity contribution in [2.24, 2.45) is 0 Å². The van der Waals surface area contributed by atoms with Crippen LogP contribution in [0.25, 0.3) is 0 Å². The number of hydrogen-bond donors (Lipinski definition) is 2. The van der Waals surface area contributed by atoms with Gasteiger partial charge in [-0.2, -0.15) is 0 Å². The van der Waals surface area contributed by atoms with Crippen molar-refractivity contribution in [3.05, 3.63) is 57.6 Å². The number of benzene rings is 2. The smallest absolute Gasteiger partial charge is 0.341 e. The lowest BCUT2D eigenvalue weighted by molar-refractivity contribution is 0.00700. The zero-order valence-electron chi connectivity index (χ0n) is 14.6. The van der Waals surface area contributed by atoms with Crippen LogP contribution >= 0.6 is 11.6 Å². The molecule has 6 heteroatoms. The van der Waals surface area contributed by atoms with Gasteiger partial charge in [0.15, 0.2) is 5.78 Å². The molecule has 5 nitrogen and oxygen atoms in total. The number of ether oxygens (including phenoxy) is 1. The van der Waals surface area contributed by atoms with Crippen LogP contribution in [0.15, 0.2) is 30.3 Å². The van der Waals surface area contributed by atoms with E-state index in [9.17, 15) is 9.59 Å². The van der Waals surface area contributed by atoms with E-state index < -0.39 is 17.4 Å². The van der Waals surface area contributed by atoms with E-state index >= 15 is 0 Å². The van der Waals surface area contributed by atoms with Crippen LogP contribution in [-0.2, 0) is 4.74 Å². The van der Waals surface area contributed by atoms with Crippen molar-refractivity contribution >= 4 is 34.7 Å². The van der Waals surface area contributed by atoms with E-state index in [1.807, 2.05) is 0 Å². The molecule has 0 spiro atoms. The summed E-state index contributed by atoms with van der Waals surface area (Å²) in [4.78, 5) is 25.4. The highest BCUT2D eigenvalue weighted by Crippen LogP contribution is 2.37. The lowest BCUT2D eigenvalue weighted by atomic mass is 9.94. The van der Waals surface area contributed by atoms with Crippen molar-refractivity contribution < 1.29 is 14.3 Å². The summed E-state index contributed by atoms with van der Waals surface area (Å²) < 4.78 is 5.39. The number of halogens is 1. The van der Waals surface area contributed by atoms with Crippen molar-refractivity contribution in [1.82, 2.24) is 0 Å². The van der Waals surface area contributed by atoms with Gasteiger partial charge in [0.05, 0.1) is 27.5 Å². The van der Waals surface area contributed by atoms with E-state index in [0.717, 1.165) is 0 Å². The van der Waals surface area contributed by atoms with Crippen molar-refractivity contribution in [3.63, 3.8) is 0 Å². The second kappa shape index (κ2) is 6.76. The predicted molar refractivity (Wildman–Crippen MR) is 100 cm³/mol. The molecule has 0 aliphatic rings. The molecule has 2 aromatic rings. The third kappa shape index (κ3) is 3.77. The third-order valence-electron chi connectivity index (χ3n) is 3.61. The highest BCUT2D eigenvalue weighted by Gasteiger charge is 2.29. The fraction of sp³-hybridized carbons (Fsp3) is 0.263. The van der Waals surface area contributed by atoms with Crippen LogP contribution in [0.2, 0.25) is 5.02 Å². The number of hydrogen-bond acceptors (Lipinski definition) is 5. The molecule has 0 bridgehead atoms. The van der Waals surface area contributed by atoms with Crippen molar-refractivity contribution in [2.75, 3.05) is 11.5 Å². The molecular weight excluding hydrogens is 340 g/mol. The summed E-state index contributed by atoms with van der Waals surface area (Å²) in [5, 5.41) is 0.120. The minimum atomic E-state index is -0.715. The average Bonchev–Trinajstić information content (AvgIpc) is 2.52. The number of esters is 1. The summed E-state index contributed by atoms with van der Waals surface area (Å²) in [7, 11) is 0. The van der Waals surface area contributed by atoms with Crippen LogP contribution in [0, 0.1) is 6.92 Å². The number of nitrogens with two attached hydrogens (primary N) is 2. The molecule has 0 radical (unpaired) electrons. The van der Waals surface area contributed by atoms with E-state index in [2.05, 4.69) is 0 Å². The molecule has 0 amide bonds. The molecule has 0 saturated carbocycles. The molecule has 0 saturated heterocycles. The van der Waals surface area contributed by atoms with Crippen LogP contribution in [0.4, 0.5) is 11.4 Å². The van der Waals surface area contributed by atoms with Crippen LogP contribution < -0.4 is 11.5 Å². The van der Waals surface area contributed by atoms with Gasteiger partial charge >= 0.3 is 5.97 Å². The van der Waals surface area contributed by atoms with Crippen LogP contribution in [0.1, 0.15) is 52.6 Å². The second-order valence-corrected chi connectivity index (χ2v) is 7.09. The Morgan fingerprint density at radius 1 is 1.00 bits per heavy atom. The molecule has 0 aliphatic heterocycles. The first kappa shape index (κ1) is 18.8. The number of carbonyl (C=O) groups excluding carboxylic acids is 2. The zero-order valence-corrected chi connectivity index (χ0v) is 15.4. The Bertz CT molecular complexity index is 840. The Morgan fingerprint density at radius 2 is 1.56 bits per heavy atom. The standard InChI is InChI=1S/C19H21ClN2O3/c1-10-12(18(24)25-19(2,3)4)15(21)13(16(22)14(10)20)17(23)11-8-6-5-7-9-11/h5-9H,21-22H2,1-4H3. The maximum Gasteiger partial charge on any atom is 0.341 e. The van der Waals surface area contributed by atoms with E-state index in [4.69, 9.17) is 27.8 Å². The molecule has 4 N–H and O–H groups in total. The fourth-order valence-electron chi connectivity index (χ4n) is 2.46. The van der Waals surface area contributed by atoms with Crippen molar-refractivity contribution in [3.8, 4) is 0 Å². The number of anilines is 2. The van der Waals surface area contributed by atoms with Gasteiger partial charge in [-0.05, 0) is 33.3 Å².